The second kappa shape index (κ2) is 7.24. The zero-order valence-corrected chi connectivity index (χ0v) is 12.8. The van der Waals surface area contributed by atoms with Crippen molar-refractivity contribution in [2.24, 2.45) is 5.41 Å². The predicted molar refractivity (Wildman–Crippen MR) is 76.3 cm³/mol. The number of carbonyl (C=O) groups excluding carboxylic acids is 2. The van der Waals surface area contributed by atoms with Crippen molar-refractivity contribution in [1.82, 2.24) is 0 Å². The van der Waals surface area contributed by atoms with Crippen molar-refractivity contribution in [2.75, 3.05) is 5.32 Å². The lowest BCUT2D eigenvalue weighted by molar-refractivity contribution is -0.123. The van der Waals surface area contributed by atoms with Crippen LogP contribution < -0.4 is 5.32 Å². The number of carbonyl (C=O) groups is 2. The molecule has 0 aliphatic heterocycles. The van der Waals surface area contributed by atoms with Crippen LogP contribution in [0.3, 0.4) is 0 Å². The Kier molecular flexibility index (Phi) is 6.60. The topological polar surface area (TPSA) is 46.2 Å². The zero-order chi connectivity index (χ0) is 16.8. The molecule has 0 aliphatic rings. The molecule has 0 bridgehead atoms. The van der Waals surface area contributed by atoms with Gasteiger partial charge in [0.05, 0.1) is 11.3 Å². The lowest BCUT2D eigenvalue weighted by Crippen LogP contribution is -2.30. The average molecular weight is 303 g/mol. The molecular formula is C15H20F3NO2. The number of halogens is 3. The SMILES string of the molecule is CC.CC(C)(C)C(=O)Nc1ccccc1C(=O)C(F)(F)F. The van der Waals surface area contributed by atoms with Crippen LogP contribution >= 0.6 is 0 Å². The fourth-order valence-corrected chi connectivity index (χ4v) is 1.25. The van der Waals surface area contributed by atoms with Crippen molar-refractivity contribution in [1.29, 1.82) is 0 Å². The van der Waals surface area contributed by atoms with E-state index in [4.69, 9.17) is 0 Å². The molecule has 21 heavy (non-hydrogen) atoms. The largest absolute Gasteiger partial charge is 0.454 e. The first-order chi connectivity index (χ1) is 9.53. The Labute approximate surface area is 122 Å². The number of rotatable bonds is 2. The Bertz CT molecular complexity index is 502. The Morgan fingerprint density at radius 1 is 1.00 bits per heavy atom. The third-order valence-corrected chi connectivity index (χ3v) is 2.36. The van der Waals surface area contributed by atoms with Gasteiger partial charge in [0.1, 0.15) is 0 Å². The Morgan fingerprint density at radius 3 is 1.90 bits per heavy atom. The molecule has 0 atom stereocenters. The van der Waals surface area contributed by atoms with Crippen LogP contribution in [0, 0.1) is 5.41 Å². The first-order valence-electron chi connectivity index (χ1n) is 6.55. The van der Waals surface area contributed by atoms with Gasteiger partial charge in [-0.05, 0) is 12.1 Å². The van der Waals surface area contributed by atoms with Gasteiger partial charge in [-0.2, -0.15) is 13.2 Å². The monoisotopic (exact) mass is 303 g/mol. The van der Waals surface area contributed by atoms with Crippen molar-refractivity contribution >= 4 is 17.4 Å². The third kappa shape index (κ3) is 5.57. The van der Waals surface area contributed by atoms with E-state index >= 15 is 0 Å². The van der Waals surface area contributed by atoms with Crippen LogP contribution in [0.15, 0.2) is 24.3 Å². The Hall–Kier alpha value is -1.85. The number of benzene rings is 1. The second-order valence-corrected chi connectivity index (χ2v) is 5.08. The quantitative estimate of drug-likeness (QED) is 0.821. The van der Waals surface area contributed by atoms with E-state index in [0.717, 1.165) is 6.07 Å². The van der Waals surface area contributed by atoms with Gasteiger partial charge >= 0.3 is 6.18 Å². The molecule has 0 saturated carbocycles. The van der Waals surface area contributed by atoms with Crippen molar-refractivity contribution in [2.45, 2.75) is 40.8 Å². The summed E-state index contributed by atoms with van der Waals surface area (Å²) in [5, 5.41) is 2.34. The highest BCUT2D eigenvalue weighted by atomic mass is 19.4. The summed E-state index contributed by atoms with van der Waals surface area (Å²) < 4.78 is 37.3. The fraction of sp³-hybridized carbons (Fsp3) is 0.467. The van der Waals surface area contributed by atoms with Crippen molar-refractivity contribution in [3.63, 3.8) is 0 Å². The van der Waals surface area contributed by atoms with Gasteiger partial charge in [-0.1, -0.05) is 46.8 Å². The first kappa shape index (κ1) is 19.1. The molecule has 1 N–H and O–H groups in total. The Balaban J connectivity index is 0.00000191. The molecule has 3 nitrogen and oxygen atoms in total. The molecule has 0 saturated heterocycles. The molecule has 0 fully saturated rings. The molecule has 0 spiro atoms. The molecule has 1 aromatic carbocycles. The maximum Gasteiger partial charge on any atom is 0.454 e. The number of ketones is 1. The van der Waals surface area contributed by atoms with Gasteiger partial charge in [0, 0.05) is 5.41 Å². The molecule has 0 aliphatic carbocycles. The lowest BCUT2D eigenvalue weighted by Gasteiger charge is -2.19. The minimum absolute atomic E-state index is 0.134. The van der Waals surface area contributed by atoms with Gasteiger partial charge in [-0.25, -0.2) is 0 Å². The van der Waals surface area contributed by atoms with E-state index in [1.54, 1.807) is 20.8 Å². The number of hydrogen-bond donors (Lipinski definition) is 1. The molecule has 1 amide bonds. The van der Waals surface area contributed by atoms with Crippen LogP contribution in [-0.4, -0.2) is 17.9 Å². The highest BCUT2D eigenvalue weighted by molar-refractivity contribution is 6.08. The standard InChI is InChI=1S/C13H14F3NO2.C2H6/c1-12(2,3)11(19)17-9-7-5-4-6-8(9)10(18)13(14,15)16;1-2/h4-7H,1-3H3,(H,17,19);1-2H3. The van der Waals surface area contributed by atoms with Crippen molar-refractivity contribution < 1.29 is 22.8 Å². The molecule has 6 heteroatoms. The minimum Gasteiger partial charge on any atom is -0.325 e. The van der Waals surface area contributed by atoms with Crippen LogP contribution in [0.4, 0.5) is 18.9 Å². The van der Waals surface area contributed by atoms with Gasteiger partial charge in [0.15, 0.2) is 0 Å². The summed E-state index contributed by atoms with van der Waals surface area (Å²) >= 11 is 0. The van der Waals surface area contributed by atoms with Crippen LogP contribution in [0.25, 0.3) is 0 Å². The van der Waals surface area contributed by atoms with E-state index in [-0.39, 0.29) is 5.69 Å². The molecule has 1 rings (SSSR count). The fourth-order valence-electron chi connectivity index (χ4n) is 1.25. The molecule has 0 unspecified atom stereocenters. The van der Waals surface area contributed by atoms with Gasteiger partial charge in [-0.3, -0.25) is 9.59 Å². The summed E-state index contributed by atoms with van der Waals surface area (Å²) in [4.78, 5) is 23.0. The minimum atomic E-state index is -4.97. The maximum atomic E-state index is 12.4. The van der Waals surface area contributed by atoms with Crippen LogP contribution in [0.5, 0.6) is 0 Å². The summed E-state index contributed by atoms with van der Waals surface area (Å²) in [6.07, 6.45) is -4.97. The molecule has 0 aromatic heterocycles. The summed E-state index contributed by atoms with van der Waals surface area (Å²) in [7, 11) is 0. The molecule has 0 heterocycles. The van der Waals surface area contributed by atoms with E-state index in [1.165, 1.54) is 18.2 Å². The average Bonchev–Trinajstić information content (AvgIpc) is 2.38. The van der Waals surface area contributed by atoms with Gasteiger partial charge in [0.2, 0.25) is 5.91 Å². The zero-order valence-electron chi connectivity index (χ0n) is 12.8. The molecule has 0 radical (unpaired) electrons. The van der Waals surface area contributed by atoms with E-state index in [0.29, 0.717) is 0 Å². The van der Waals surface area contributed by atoms with E-state index in [9.17, 15) is 22.8 Å². The normalized spacial score (nSPS) is 11.2. The van der Waals surface area contributed by atoms with Crippen molar-refractivity contribution in [3.8, 4) is 0 Å². The van der Waals surface area contributed by atoms with E-state index in [1.807, 2.05) is 13.8 Å². The summed E-state index contributed by atoms with van der Waals surface area (Å²) in [5.74, 6) is -2.44. The third-order valence-electron chi connectivity index (χ3n) is 2.36. The molecular weight excluding hydrogens is 283 g/mol. The maximum absolute atomic E-state index is 12.4. The number of amides is 1. The highest BCUT2D eigenvalue weighted by Crippen LogP contribution is 2.27. The summed E-state index contributed by atoms with van der Waals surface area (Å²) in [6.45, 7) is 8.86. The highest BCUT2D eigenvalue weighted by Gasteiger charge is 2.40. The van der Waals surface area contributed by atoms with Gasteiger partial charge < -0.3 is 5.32 Å². The predicted octanol–water partition coefficient (Wildman–Crippen LogP) is 4.44. The molecule has 1 aromatic rings. The smallest absolute Gasteiger partial charge is 0.325 e. The lowest BCUT2D eigenvalue weighted by atomic mass is 9.95. The van der Waals surface area contributed by atoms with E-state index in [2.05, 4.69) is 5.32 Å². The van der Waals surface area contributed by atoms with Gasteiger partial charge in [-0.15, -0.1) is 0 Å². The second-order valence-electron chi connectivity index (χ2n) is 5.08. The first-order valence-corrected chi connectivity index (χ1v) is 6.55. The number of anilines is 1. The number of nitrogens with one attached hydrogen (secondary N) is 1. The summed E-state index contributed by atoms with van der Waals surface area (Å²) in [5.41, 5.74) is -1.47. The van der Waals surface area contributed by atoms with Crippen LogP contribution in [-0.2, 0) is 4.79 Å². The van der Waals surface area contributed by atoms with Gasteiger partial charge in [0.25, 0.3) is 5.78 Å². The number of alkyl halides is 3. The van der Waals surface area contributed by atoms with Crippen LogP contribution in [0.2, 0.25) is 0 Å². The Morgan fingerprint density at radius 2 is 1.48 bits per heavy atom. The summed E-state index contributed by atoms with van der Waals surface area (Å²) in [6, 6.07) is 5.06. The number of hydrogen-bond acceptors (Lipinski definition) is 2. The van der Waals surface area contributed by atoms with Crippen molar-refractivity contribution in [3.05, 3.63) is 29.8 Å². The van der Waals surface area contributed by atoms with E-state index < -0.39 is 28.8 Å². The van der Waals surface area contributed by atoms with Crippen LogP contribution in [0.1, 0.15) is 45.0 Å². The number of para-hydroxylation sites is 1. The molecule has 118 valence electrons. The number of Topliss-reactive ketones (excluding diaryl/α,β-unsaturated/α-hetero) is 1.